The highest BCUT2D eigenvalue weighted by Gasteiger charge is 2.20. The van der Waals surface area contributed by atoms with Crippen LogP contribution in [0.1, 0.15) is 11.1 Å². The molecule has 0 aliphatic rings. The molecule has 0 heterocycles. The van der Waals surface area contributed by atoms with Crippen LogP contribution in [0.2, 0.25) is 0 Å². The van der Waals surface area contributed by atoms with Crippen molar-refractivity contribution in [2.24, 2.45) is 0 Å². The molecule has 24 heavy (non-hydrogen) atoms. The number of nitro benzene ring substituents is 1. The number of hydrogen-bond donors (Lipinski definition) is 0. The number of nitriles is 1. The molecule has 0 saturated heterocycles. The van der Waals surface area contributed by atoms with Gasteiger partial charge in [-0.3, -0.25) is 10.1 Å². The van der Waals surface area contributed by atoms with Crippen LogP contribution in [-0.2, 0) is 6.54 Å². The largest absolute Gasteiger partial charge is 0.493 e. The van der Waals surface area contributed by atoms with Gasteiger partial charge >= 0.3 is 0 Å². The second-order valence-corrected chi connectivity index (χ2v) is 5.08. The molecule has 0 fully saturated rings. The molecule has 2 aromatic rings. The zero-order chi connectivity index (χ0) is 17.7. The summed E-state index contributed by atoms with van der Waals surface area (Å²) >= 11 is 0. The number of benzene rings is 2. The number of methoxy groups -OCH3 is 2. The molecule has 0 radical (unpaired) electrons. The minimum atomic E-state index is -0.491. The van der Waals surface area contributed by atoms with E-state index < -0.39 is 4.92 Å². The van der Waals surface area contributed by atoms with E-state index in [0.717, 1.165) is 5.56 Å². The fourth-order valence-corrected chi connectivity index (χ4v) is 2.48. The maximum Gasteiger partial charge on any atom is 0.293 e. The average Bonchev–Trinajstić information content (AvgIpc) is 2.60. The van der Waals surface area contributed by atoms with E-state index in [1.54, 1.807) is 44.4 Å². The number of anilines is 1. The smallest absolute Gasteiger partial charge is 0.293 e. The molecule has 0 saturated carbocycles. The first-order valence-corrected chi connectivity index (χ1v) is 7.11. The highest BCUT2D eigenvalue weighted by molar-refractivity contribution is 5.65. The molecule has 0 spiro atoms. The van der Waals surface area contributed by atoms with Gasteiger partial charge in [-0.1, -0.05) is 12.1 Å². The normalized spacial score (nSPS) is 9.92. The van der Waals surface area contributed by atoms with Crippen LogP contribution in [0.5, 0.6) is 11.5 Å². The predicted molar refractivity (Wildman–Crippen MR) is 89.5 cm³/mol. The van der Waals surface area contributed by atoms with Crippen molar-refractivity contribution in [1.29, 1.82) is 5.26 Å². The maximum atomic E-state index is 11.3. The van der Waals surface area contributed by atoms with Crippen LogP contribution in [0.4, 0.5) is 11.4 Å². The lowest BCUT2D eigenvalue weighted by molar-refractivity contribution is -0.384. The van der Waals surface area contributed by atoms with Crippen molar-refractivity contribution in [1.82, 2.24) is 0 Å². The summed E-state index contributed by atoms with van der Waals surface area (Å²) in [5.41, 5.74) is 1.39. The van der Waals surface area contributed by atoms with Crippen LogP contribution < -0.4 is 14.4 Å². The minimum absolute atomic E-state index is 0.113. The summed E-state index contributed by atoms with van der Waals surface area (Å²) in [6.07, 6.45) is 0. The van der Waals surface area contributed by atoms with Crippen molar-refractivity contribution < 1.29 is 14.4 Å². The van der Waals surface area contributed by atoms with Crippen LogP contribution >= 0.6 is 0 Å². The lowest BCUT2D eigenvalue weighted by atomic mass is 10.1. The Bertz CT molecular complexity index is 799. The van der Waals surface area contributed by atoms with Gasteiger partial charge in [-0.05, 0) is 18.2 Å². The van der Waals surface area contributed by atoms with E-state index >= 15 is 0 Å². The number of hydrogen-bond acceptors (Lipinski definition) is 6. The Hall–Kier alpha value is -3.27. The van der Waals surface area contributed by atoms with Gasteiger partial charge in [0.15, 0.2) is 11.5 Å². The fraction of sp³-hybridized carbons (Fsp3) is 0.235. The molecule has 7 nitrogen and oxygen atoms in total. The van der Waals surface area contributed by atoms with Crippen LogP contribution in [-0.4, -0.2) is 26.2 Å². The standard InChI is InChI=1S/C17H17N3O4/c1-19(11-13-5-4-6-16(23-2)17(13)24-3)14-8-7-12(10-18)9-15(14)20(21)22/h4-9H,11H2,1-3H3. The summed E-state index contributed by atoms with van der Waals surface area (Å²) < 4.78 is 10.7. The van der Waals surface area contributed by atoms with Crippen LogP contribution in [0.3, 0.4) is 0 Å². The SMILES string of the molecule is COc1cccc(CN(C)c2ccc(C#N)cc2[N+](=O)[O-])c1OC. The number of nitrogens with zero attached hydrogens (tertiary/aromatic N) is 3. The van der Waals surface area contributed by atoms with Crippen LogP contribution in [0, 0.1) is 21.4 Å². The van der Waals surface area contributed by atoms with E-state index in [1.165, 1.54) is 6.07 Å². The van der Waals surface area contributed by atoms with Crippen molar-refractivity contribution in [2.75, 3.05) is 26.2 Å². The van der Waals surface area contributed by atoms with Crippen molar-refractivity contribution >= 4 is 11.4 Å². The Labute approximate surface area is 139 Å². The number of nitro groups is 1. The Morgan fingerprint density at radius 2 is 2.00 bits per heavy atom. The maximum absolute atomic E-state index is 11.3. The monoisotopic (exact) mass is 327 g/mol. The fourth-order valence-electron chi connectivity index (χ4n) is 2.48. The Morgan fingerprint density at radius 1 is 1.25 bits per heavy atom. The van der Waals surface area contributed by atoms with E-state index in [2.05, 4.69) is 0 Å². The summed E-state index contributed by atoms with van der Waals surface area (Å²) in [5, 5.41) is 20.2. The molecular formula is C17H17N3O4. The zero-order valence-electron chi connectivity index (χ0n) is 13.6. The third kappa shape index (κ3) is 3.38. The molecule has 0 aromatic heterocycles. The molecule has 124 valence electrons. The van der Waals surface area contributed by atoms with E-state index in [1.807, 2.05) is 18.2 Å². The van der Waals surface area contributed by atoms with Crippen molar-refractivity contribution in [2.45, 2.75) is 6.54 Å². The van der Waals surface area contributed by atoms with Gasteiger partial charge in [0.2, 0.25) is 0 Å². The summed E-state index contributed by atoms with van der Waals surface area (Å²) in [6.45, 7) is 0.382. The molecule has 0 aliphatic carbocycles. The summed E-state index contributed by atoms with van der Waals surface area (Å²) in [6, 6.07) is 11.8. The van der Waals surface area contributed by atoms with Crippen molar-refractivity contribution in [3.8, 4) is 17.6 Å². The van der Waals surface area contributed by atoms with E-state index in [0.29, 0.717) is 23.7 Å². The van der Waals surface area contributed by atoms with Gasteiger partial charge in [0.05, 0.1) is 30.8 Å². The predicted octanol–water partition coefficient (Wildman–Crippen LogP) is 3.12. The summed E-state index contributed by atoms with van der Waals surface area (Å²) in [5.74, 6) is 1.18. The lowest BCUT2D eigenvalue weighted by Gasteiger charge is -2.21. The van der Waals surface area contributed by atoms with E-state index in [9.17, 15) is 10.1 Å². The van der Waals surface area contributed by atoms with Gasteiger partial charge in [0.25, 0.3) is 5.69 Å². The molecule has 0 amide bonds. The van der Waals surface area contributed by atoms with Crippen molar-refractivity contribution in [3.63, 3.8) is 0 Å². The van der Waals surface area contributed by atoms with Gasteiger partial charge in [0, 0.05) is 25.2 Å². The van der Waals surface area contributed by atoms with Crippen LogP contribution in [0.25, 0.3) is 0 Å². The molecule has 0 atom stereocenters. The summed E-state index contributed by atoms with van der Waals surface area (Å²) in [4.78, 5) is 12.5. The third-order valence-corrected chi connectivity index (χ3v) is 3.60. The van der Waals surface area contributed by atoms with Gasteiger partial charge in [0.1, 0.15) is 5.69 Å². The molecule has 0 N–H and O–H groups in total. The number of rotatable bonds is 6. The second-order valence-electron chi connectivity index (χ2n) is 5.08. The zero-order valence-corrected chi connectivity index (χ0v) is 13.6. The highest BCUT2D eigenvalue weighted by atomic mass is 16.6. The quantitative estimate of drug-likeness (QED) is 0.598. The highest BCUT2D eigenvalue weighted by Crippen LogP contribution is 2.34. The van der Waals surface area contributed by atoms with E-state index in [-0.39, 0.29) is 11.3 Å². The van der Waals surface area contributed by atoms with Gasteiger partial charge in [-0.25, -0.2) is 0 Å². The van der Waals surface area contributed by atoms with Crippen molar-refractivity contribution in [3.05, 3.63) is 57.6 Å². The average molecular weight is 327 g/mol. The minimum Gasteiger partial charge on any atom is -0.493 e. The molecule has 0 unspecified atom stereocenters. The second kappa shape index (κ2) is 7.33. The van der Waals surface area contributed by atoms with Gasteiger partial charge in [-0.2, -0.15) is 5.26 Å². The first-order chi connectivity index (χ1) is 11.5. The molecule has 0 bridgehead atoms. The van der Waals surface area contributed by atoms with Gasteiger partial charge < -0.3 is 14.4 Å². The first kappa shape index (κ1) is 17.1. The molecular weight excluding hydrogens is 310 g/mol. The Kier molecular flexibility index (Phi) is 5.22. The molecule has 2 rings (SSSR count). The molecule has 7 heteroatoms. The van der Waals surface area contributed by atoms with Gasteiger partial charge in [-0.15, -0.1) is 0 Å². The first-order valence-electron chi connectivity index (χ1n) is 7.11. The molecule has 0 aliphatic heterocycles. The number of ether oxygens (including phenoxy) is 2. The molecule has 2 aromatic carbocycles. The third-order valence-electron chi connectivity index (χ3n) is 3.60. The number of para-hydroxylation sites is 1. The van der Waals surface area contributed by atoms with Crippen LogP contribution in [0.15, 0.2) is 36.4 Å². The Morgan fingerprint density at radius 3 is 2.58 bits per heavy atom. The topological polar surface area (TPSA) is 88.6 Å². The lowest BCUT2D eigenvalue weighted by Crippen LogP contribution is -2.18. The summed E-state index contributed by atoms with van der Waals surface area (Å²) in [7, 11) is 4.84. The van der Waals surface area contributed by atoms with E-state index in [4.69, 9.17) is 14.7 Å². The Balaban J connectivity index is 2.39.